The number of ether oxygens (including phenoxy) is 1. The van der Waals surface area contributed by atoms with E-state index in [1.165, 1.54) is 0 Å². The maximum atomic E-state index is 11.4. The van der Waals surface area contributed by atoms with Gasteiger partial charge < -0.3 is 9.84 Å². The molecule has 0 amide bonds. The topological polar surface area (TPSA) is 63.6 Å². The van der Waals surface area contributed by atoms with Crippen LogP contribution in [0.15, 0.2) is 24.3 Å². The molecule has 0 aliphatic heterocycles. The Hall–Kier alpha value is -1.07. The lowest BCUT2D eigenvalue weighted by Gasteiger charge is -2.12. The zero-order chi connectivity index (χ0) is 15.0. The molecular formula is C15H24O4S. The molecule has 5 heteroatoms. The highest BCUT2D eigenvalue weighted by Crippen LogP contribution is 2.23. The lowest BCUT2D eigenvalue weighted by Crippen LogP contribution is -2.10. The van der Waals surface area contributed by atoms with Gasteiger partial charge in [0.2, 0.25) is 0 Å². The van der Waals surface area contributed by atoms with E-state index in [-0.39, 0.29) is 11.5 Å². The van der Waals surface area contributed by atoms with E-state index in [1.807, 2.05) is 31.2 Å². The highest BCUT2D eigenvalue weighted by atomic mass is 32.2. The molecule has 1 N–H and O–H groups in total. The second kappa shape index (κ2) is 8.27. The van der Waals surface area contributed by atoms with Crippen LogP contribution in [-0.2, 0) is 9.84 Å². The summed E-state index contributed by atoms with van der Waals surface area (Å²) in [5, 5.41) is 10.1. The standard InChI is InChI=1S/C15H24O4S/c1-3-10-19-14-8-5-7-13(12-14)15(16)9-6-11-20(17,18)4-2/h5,7-8,12,15-16H,3-4,6,9-11H2,1-2H3. The summed E-state index contributed by atoms with van der Waals surface area (Å²) in [5.41, 5.74) is 0.771. The van der Waals surface area contributed by atoms with Gasteiger partial charge in [0.05, 0.1) is 18.5 Å². The zero-order valence-electron chi connectivity index (χ0n) is 12.2. The largest absolute Gasteiger partial charge is 0.494 e. The van der Waals surface area contributed by atoms with E-state index < -0.39 is 15.9 Å². The summed E-state index contributed by atoms with van der Waals surface area (Å²) in [6.45, 7) is 4.32. The van der Waals surface area contributed by atoms with Crippen molar-refractivity contribution >= 4 is 9.84 Å². The SMILES string of the molecule is CCCOc1cccc(C(O)CCCS(=O)(=O)CC)c1. The Morgan fingerprint density at radius 2 is 2.05 bits per heavy atom. The van der Waals surface area contributed by atoms with E-state index in [4.69, 9.17) is 4.74 Å². The molecule has 114 valence electrons. The predicted octanol–water partition coefficient (Wildman–Crippen LogP) is 2.72. The number of rotatable bonds is 9. The molecule has 20 heavy (non-hydrogen) atoms. The van der Waals surface area contributed by atoms with Gasteiger partial charge in [-0.1, -0.05) is 26.0 Å². The summed E-state index contributed by atoms with van der Waals surface area (Å²) in [6.07, 6.45) is 1.20. The van der Waals surface area contributed by atoms with Crippen molar-refractivity contribution in [3.8, 4) is 5.75 Å². The molecule has 0 fully saturated rings. The Morgan fingerprint density at radius 1 is 1.30 bits per heavy atom. The van der Waals surface area contributed by atoms with E-state index >= 15 is 0 Å². The third kappa shape index (κ3) is 5.92. The summed E-state index contributed by atoms with van der Waals surface area (Å²) in [7, 11) is -2.95. The lowest BCUT2D eigenvalue weighted by atomic mass is 10.1. The predicted molar refractivity (Wildman–Crippen MR) is 80.7 cm³/mol. The Kier molecular flexibility index (Phi) is 7.02. The van der Waals surface area contributed by atoms with Gasteiger partial charge in [-0.2, -0.15) is 0 Å². The smallest absolute Gasteiger partial charge is 0.150 e. The first kappa shape index (κ1) is 17.0. The molecule has 0 spiro atoms. The fraction of sp³-hybridized carbons (Fsp3) is 0.600. The Bertz CT molecular complexity index is 496. The van der Waals surface area contributed by atoms with Crippen molar-refractivity contribution in [3.63, 3.8) is 0 Å². The zero-order valence-corrected chi connectivity index (χ0v) is 13.0. The van der Waals surface area contributed by atoms with Crippen LogP contribution < -0.4 is 4.74 Å². The monoisotopic (exact) mass is 300 g/mol. The molecule has 1 aromatic carbocycles. The van der Waals surface area contributed by atoms with Gasteiger partial charge >= 0.3 is 0 Å². The van der Waals surface area contributed by atoms with Gasteiger partial charge in [-0.25, -0.2) is 8.42 Å². The van der Waals surface area contributed by atoms with Crippen molar-refractivity contribution < 1.29 is 18.3 Å². The maximum absolute atomic E-state index is 11.4. The fourth-order valence-corrected chi connectivity index (χ4v) is 2.73. The van der Waals surface area contributed by atoms with E-state index in [9.17, 15) is 13.5 Å². The number of hydrogen-bond donors (Lipinski definition) is 1. The first-order valence-corrected chi connectivity index (χ1v) is 8.92. The normalized spacial score (nSPS) is 13.2. The van der Waals surface area contributed by atoms with Crippen LogP contribution in [0.2, 0.25) is 0 Å². The number of benzene rings is 1. The van der Waals surface area contributed by atoms with Crippen molar-refractivity contribution in [2.24, 2.45) is 0 Å². The van der Waals surface area contributed by atoms with Gasteiger partial charge in [0, 0.05) is 5.75 Å². The Balaban J connectivity index is 2.52. The van der Waals surface area contributed by atoms with Gasteiger partial charge in [-0.05, 0) is 37.0 Å². The third-order valence-electron chi connectivity index (χ3n) is 3.09. The first-order valence-electron chi connectivity index (χ1n) is 7.09. The van der Waals surface area contributed by atoms with E-state index in [0.29, 0.717) is 19.4 Å². The van der Waals surface area contributed by atoms with Crippen LogP contribution in [0.4, 0.5) is 0 Å². The number of aliphatic hydroxyl groups is 1. The van der Waals surface area contributed by atoms with Crippen LogP contribution in [0, 0.1) is 0 Å². The van der Waals surface area contributed by atoms with Crippen LogP contribution in [0.25, 0.3) is 0 Å². The molecule has 0 radical (unpaired) electrons. The maximum Gasteiger partial charge on any atom is 0.150 e. The summed E-state index contributed by atoms with van der Waals surface area (Å²) in [6, 6.07) is 7.34. The molecule has 0 saturated carbocycles. The molecular weight excluding hydrogens is 276 g/mol. The van der Waals surface area contributed by atoms with Crippen LogP contribution in [0.3, 0.4) is 0 Å². The van der Waals surface area contributed by atoms with Gasteiger partial charge in [-0.15, -0.1) is 0 Å². The molecule has 1 rings (SSSR count). The molecule has 0 aromatic heterocycles. The van der Waals surface area contributed by atoms with Crippen molar-refractivity contribution in [1.29, 1.82) is 0 Å². The lowest BCUT2D eigenvalue weighted by molar-refractivity contribution is 0.166. The molecule has 0 bridgehead atoms. The van der Waals surface area contributed by atoms with Gasteiger partial charge in [0.1, 0.15) is 15.6 Å². The average Bonchev–Trinajstić information content (AvgIpc) is 2.45. The third-order valence-corrected chi connectivity index (χ3v) is 4.88. The molecule has 0 saturated heterocycles. The van der Waals surface area contributed by atoms with Crippen LogP contribution in [-0.4, -0.2) is 31.6 Å². The van der Waals surface area contributed by atoms with E-state index in [2.05, 4.69) is 0 Å². The van der Waals surface area contributed by atoms with E-state index in [0.717, 1.165) is 17.7 Å². The molecule has 1 aromatic rings. The van der Waals surface area contributed by atoms with Crippen LogP contribution in [0.5, 0.6) is 5.75 Å². The highest BCUT2D eigenvalue weighted by molar-refractivity contribution is 7.91. The molecule has 1 unspecified atom stereocenters. The minimum absolute atomic E-state index is 0.132. The molecule has 1 atom stereocenters. The Labute approximate surface area is 121 Å². The van der Waals surface area contributed by atoms with Gasteiger partial charge in [0.25, 0.3) is 0 Å². The Morgan fingerprint density at radius 3 is 2.70 bits per heavy atom. The van der Waals surface area contributed by atoms with Crippen molar-refractivity contribution in [2.75, 3.05) is 18.1 Å². The molecule has 0 aliphatic carbocycles. The number of hydrogen-bond acceptors (Lipinski definition) is 4. The summed E-state index contributed by atoms with van der Waals surface area (Å²) < 4.78 is 28.3. The second-order valence-electron chi connectivity index (χ2n) is 4.82. The van der Waals surface area contributed by atoms with Crippen LogP contribution in [0.1, 0.15) is 44.8 Å². The first-order chi connectivity index (χ1) is 9.48. The van der Waals surface area contributed by atoms with Crippen LogP contribution >= 0.6 is 0 Å². The second-order valence-corrected chi connectivity index (χ2v) is 7.29. The minimum atomic E-state index is -2.95. The summed E-state index contributed by atoms with van der Waals surface area (Å²) in [4.78, 5) is 0. The van der Waals surface area contributed by atoms with Gasteiger partial charge in [0.15, 0.2) is 0 Å². The molecule has 4 nitrogen and oxygen atoms in total. The quantitative estimate of drug-likeness (QED) is 0.761. The molecule has 0 aliphatic rings. The number of aliphatic hydroxyl groups excluding tert-OH is 1. The minimum Gasteiger partial charge on any atom is -0.494 e. The van der Waals surface area contributed by atoms with Crippen molar-refractivity contribution in [3.05, 3.63) is 29.8 Å². The average molecular weight is 300 g/mol. The fourth-order valence-electron chi connectivity index (χ4n) is 1.84. The summed E-state index contributed by atoms with van der Waals surface area (Å²) in [5.74, 6) is 1.03. The van der Waals surface area contributed by atoms with Crippen molar-refractivity contribution in [1.82, 2.24) is 0 Å². The molecule has 0 heterocycles. The highest BCUT2D eigenvalue weighted by Gasteiger charge is 2.12. The summed E-state index contributed by atoms with van der Waals surface area (Å²) >= 11 is 0. The van der Waals surface area contributed by atoms with Gasteiger partial charge in [-0.3, -0.25) is 0 Å². The number of sulfone groups is 1. The van der Waals surface area contributed by atoms with E-state index in [1.54, 1.807) is 6.92 Å². The van der Waals surface area contributed by atoms with Crippen molar-refractivity contribution in [2.45, 2.75) is 39.2 Å².